The molecule has 4 rings (SSSR count). The maximum atomic E-state index is 12.6. The number of rotatable bonds is 7. The number of methoxy groups -OCH3 is 1. The van der Waals surface area contributed by atoms with Crippen molar-refractivity contribution in [2.45, 2.75) is 5.16 Å². The SMILES string of the molecule is COc1ccc(-n2c(SCC(=O)c3ccccc3Cl)nnc2-c2ccco2)cc1. The minimum atomic E-state index is -0.0792. The highest BCUT2D eigenvalue weighted by Gasteiger charge is 2.20. The number of Topliss-reactive ketones (excluding diaryl/α,β-unsaturated/α-hetero) is 1. The maximum absolute atomic E-state index is 12.6. The van der Waals surface area contributed by atoms with Crippen molar-refractivity contribution < 1.29 is 13.9 Å². The summed E-state index contributed by atoms with van der Waals surface area (Å²) in [6, 6.07) is 18.1. The van der Waals surface area contributed by atoms with E-state index in [-0.39, 0.29) is 11.5 Å². The van der Waals surface area contributed by atoms with Gasteiger partial charge in [-0.25, -0.2) is 0 Å². The fourth-order valence-corrected chi connectivity index (χ4v) is 3.86. The van der Waals surface area contributed by atoms with Gasteiger partial charge in [0.2, 0.25) is 5.82 Å². The summed E-state index contributed by atoms with van der Waals surface area (Å²) >= 11 is 7.43. The highest BCUT2D eigenvalue weighted by atomic mass is 35.5. The summed E-state index contributed by atoms with van der Waals surface area (Å²) in [6.45, 7) is 0. The van der Waals surface area contributed by atoms with Crippen molar-refractivity contribution in [1.29, 1.82) is 0 Å². The zero-order valence-electron chi connectivity index (χ0n) is 15.4. The summed E-state index contributed by atoms with van der Waals surface area (Å²) in [5, 5.41) is 9.56. The molecule has 0 radical (unpaired) electrons. The monoisotopic (exact) mass is 425 g/mol. The highest BCUT2D eigenvalue weighted by Crippen LogP contribution is 2.30. The molecule has 0 aliphatic heterocycles. The Balaban J connectivity index is 1.66. The average molecular weight is 426 g/mol. The van der Waals surface area contributed by atoms with Gasteiger partial charge in [0.1, 0.15) is 5.75 Å². The van der Waals surface area contributed by atoms with Crippen LogP contribution in [-0.4, -0.2) is 33.4 Å². The summed E-state index contributed by atoms with van der Waals surface area (Å²) in [6.07, 6.45) is 1.58. The minimum absolute atomic E-state index is 0.0792. The molecule has 0 aliphatic carbocycles. The summed E-state index contributed by atoms with van der Waals surface area (Å²) in [4.78, 5) is 12.6. The van der Waals surface area contributed by atoms with Crippen LogP contribution in [0.1, 0.15) is 10.4 Å². The number of halogens is 1. The number of hydrogen-bond donors (Lipinski definition) is 0. The number of aromatic nitrogens is 3. The Labute approximate surface area is 176 Å². The molecule has 0 aliphatic rings. The average Bonchev–Trinajstić information content (AvgIpc) is 3.42. The van der Waals surface area contributed by atoms with Crippen LogP contribution < -0.4 is 4.74 Å². The first kappa shape index (κ1) is 19.3. The van der Waals surface area contributed by atoms with Gasteiger partial charge in [-0.3, -0.25) is 9.36 Å². The second kappa shape index (κ2) is 8.55. The Hall–Kier alpha value is -3.03. The Morgan fingerprint density at radius 2 is 1.90 bits per heavy atom. The number of hydrogen-bond acceptors (Lipinski definition) is 6. The van der Waals surface area contributed by atoms with Crippen molar-refractivity contribution in [3.63, 3.8) is 0 Å². The van der Waals surface area contributed by atoms with Crippen LogP contribution in [0.3, 0.4) is 0 Å². The molecule has 2 aromatic carbocycles. The third kappa shape index (κ3) is 4.06. The first-order valence-electron chi connectivity index (χ1n) is 8.71. The van der Waals surface area contributed by atoms with Gasteiger partial charge < -0.3 is 9.15 Å². The van der Waals surface area contributed by atoms with E-state index in [2.05, 4.69) is 10.2 Å². The second-order valence-corrected chi connectivity index (χ2v) is 7.36. The first-order chi connectivity index (χ1) is 14.2. The van der Waals surface area contributed by atoms with Crippen molar-refractivity contribution in [1.82, 2.24) is 14.8 Å². The Morgan fingerprint density at radius 3 is 2.59 bits per heavy atom. The van der Waals surface area contributed by atoms with Crippen molar-refractivity contribution in [3.8, 4) is 23.0 Å². The van der Waals surface area contributed by atoms with E-state index in [0.29, 0.717) is 27.3 Å². The molecular formula is C21H16ClN3O3S. The summed E-state index contributed by atoms with van der Waals surface area (Å²) < 4.78 is 12.6. The molecule has 0 fully saturated rings. The largest absolute Gasteiger partial charge is 0.497 e. The third-order valence-electron chi connectivity index (χ3n) is 4.21. The molecule has 0 atom stereocenters. The van der Waals surface area contributed by atoms with Gasteiger partial charge in [0.05, 0.1) is 29.8 Å². The molecule has 2 heterocycles. The molecule has 0 amide bonds. The van der Waals surface area contributed by atoms with E-state index in [9.17, 15) is 4.79 Å². The van der Waals surface area contributed by atoms with Crippen molar-refractivity contribution >= 4 is 29.1 Å². The number of furan rings is 1. The summed E-state index contributed by atoms with van der Waals surface area (Å²) in [5.74, 6) is 1.97. The van der Waals surface area contributed by atoms with Crippen LogP contribution >= 0.6 is 23.4 Å². The Kier molecular flexibility index (Phi) is 5.69. The van der Waals surface area contributed by atoms with Gasteiger partial charge in [0.25, 0.3) is 0 Å². The lowest BCUT2D eigenvalue weighted by Gasteiger charge is -2.10. The normalized spacial score (nSPS) is 10.8. The van der Waals surface area contributed by atoms with E-state index in [1.54, 1.807) is 43.7 Å². The molecule has 29 heavy (non-hydrogen) atoms. The number of carbonyl (C=O) groups excluding carboxylic acids is 1. The molecule has 0 N–H and O–H groups in total. The van der Waals surface area contributed by atoms with E-state index in [4.69, 9.17) is 20.8 Å². The van der Waals surface area contributed by atoms with Crippen LogP contribution in [-0.2, 0) is 0 Å². The predicted octanol–water partition coefficient (Wildman–Crippen LogP) is 5.16. The van der Waals surface area contributed by atoms with Crippen LogP contribution in [0, 0.1) is 0 Å². The van der Waals surface area contributed by atoms with Gasteiger partial charge in [-0.05, 0) is 48.5 Å². The van der Waals surface area contributed by atoms with E-state index >= 15 is 0 Å². The van der Waals surface area contributed by atoms with Crippen LogP contribution in [0.5, 0.6) is 5.75 Å². The van der Waals surface area contributed by atoms with Crippen LogP contribution in [0.25, 0.3) is 17.3 Å². The number of benzene rings is 2. The van der Waals surface area contributed by atoms with Gasteiger partial charge >= 0.3 is 0 Å². The quantitative estimate of drug-likeness (QED) is 0.300. The lowest BCUT2D eigenvalue weighted by atomic mass is 10.1. The van der Waals surface area contributed by atoms with Gasteiger partial charge in [0, 0.05) is 5.56 Å². The number of nitrogens with zero attached hydrogens (tertiary/aromatic N) is 3. The molecule has 146 valence electrons. The number of ether oxygens (including phenoxy) is 1. The summed E-state index contributed by atoms with van der Waals surface area (Å²) in [7, 11) is 1.61. The molecular weight excluding hydrogens is 410 g/mol. The summed E-state index contributed by atoms with van der Waals surface area (Å²) in [5.41, 5.74) is 1.32. The van der Waals surface area contributed by atoms with Gasteiger partial charge in [-0.15, -0.1) is 10.2 Å². The van der Waals surface area contributed by atoms with E-state index in [1.165, 1.54) is 11.8 Å². The molecule has 0 saturated carbocycles. The van der Waals surface area contributed by atoms with Crippen molar-refractivity contribution in [2.75, 3.05) is 12.9 Å². The lowest BCUT2D eigenvalue weighted by Crippen LogP contribution is -2.05. The number of thioether (sulfide) groups is 1. The Morgan fingerprint density at radius 1 is 1.10 bits per heavy atom. The molecule has 2 aromatic heterocycles. The molecule has 6 nitrogen and oxygen atoms in total. The molecule has 4 aromatic rings. The van der Waals surface area contributed by atoms with E-state index in [0.717, 1.165) is 11.4 Å². The molecule has 0 saturated heterocycles. The van der Waals surface area contributed by atoms with Crippen LogP contribution in [0.4, 0.5) is 0 Å². The fraction of sp³-hybridized carbons (Fsp3) is 0.0952. The maximum Gasteiger partial charge on any atom is 0.205 e. The fourth-order valence-electron chi connectivity index (χ4n) is 2.79. The third-order valence-corrected chi connectivity index (χ3v) is 5.47. The smallest absolute Gasteiger partial charge is 0.205 e. The van der Waals surface area contributed by atoms with Gasteiger partial charge in [-0.2, -0.15) is 0 Å². The standard InChI is InChI=1S/C21H16ClN3O3S/c1-27-15-10-8-14(9-11-15)25-20(19-7-4-12-28-19)23-24-21(25)29-13-18(26)16-5-2-3-6-17(16)22/h2-12H,13H2,1H3. The number of carbonyl (C=O) groups is 1. The van der Waals surface area contributed by atoms with Crippen molar-refractivity contribution in [3.05, 3.63) is 77.5 Å². The highest BCUT2D eigenvalue weighted by molar-refractivity contribution is 7.99. The lowest BCUT2D eigenvalue weighted by molar-refractivity contribution is 0.102. The topological polar surface area (TPSA) is 70.2 Å². The van der Waals surface area contributed by atoms with Crippen LogP contribution in [0.2, 0.25) is 5.02 Å². The zero-order valence-corrected chi connectivity index (χ0v) is 17.0. The first-order valence-corrected chi connectivity index (χ1v) is 10.1. The molecule has 0 bridgehead atoms. The van der Waals surface area contributed by atoms with E-state index in [1.807, 2.05) is 34.9 Å². The molecule has 8 heteroatoms. The van der Waals surface area contributed by atoms with Crippen LogP contribution in [0.15, 0.2) is 76.5 Å². The van der Waals surface area contributed by atoms with Gasteiger partial charge in [0.15, 0.2) is 16.7 Å². The van der Waals surface area contributed by atoms with E-state index < -0.39 is 0 Å². The zero-order chi connectivity index (χ0) is 20.2. The Bertz CT molecular complexity index is 1120. The van der Waals surface area contributed by atoms with Gasteiger partial charge in [-0.1, -0.05) is 35.5 Å². The predicted molar refractivity (Wildman–Crippen MR) is 112 cm³/mol. The minimum Gasteiger partial charge on any atom is -0.497 e. The second-order valence-electron chi connectivity index (χ2n) is 6.01. The molecule has 0 spiro atoms. The van der Waals surface area contributed by atoms with Crippen molar-refractivity contribution in [2.24, 2.45) is 0 Å². The number of ketones is 1. The molecule has 0 unspecified atom stereocenters.